The van der Waals surface area contributed by atoms with Crippen LogP contribution in [0.15, 0.2) is 81.1 Å². The fourth-order valence-electron chi connectivity index (χ4n) is 4.39. The van der Waals surface area contributed by atoms with Crippen LogP contribution in [0.2, 0.25) is 0 Å². The summed E-state index contributed by atoms with van der Waals surface area (Å²) in [5.41, 5.74) is 0.00792. The molecule has 0 saturated heterocycles. The quantitative estimate of drug-likeness (QED) is 0.171. The first-order valence-corrected chi connectivity index (χ1v) is 14.6. The van der Waals surface area contributed by atoms with Gasteiger partial charge in [-0.2, -0.15) is 10.9 Å². The van der Waals surface area contributed by atoms with Gasteiger partial charge in [0.15, 0.2) is 5.82 Å². The maximum Gasteiger partial charge on any atom is 0.414 e. The molecule has 2 aromatic carbocycles. The zero-order valence-corrected chi connectivity index (χ0v) is 25.2. The first-order valence-electron chi connectivity index (χ1n) is 13.2. The highest BCUT2D eigenvalue weighted by Crippen LogP contribution is 2.55. The molecule has 0 bridgehead atoms. The largest absolute Gasteiger partial charge is 0.480 e. The Morgan fingerprint density at radius 3 is 2.25 bits per heavy atom. The highest BCUT2D eigenvalue weighted by atomic mass is 32.2. The number of non-ortho nitro benzene ring substituents is 1. The van der Waals surface area contributed by atoms with E-state index in [1.165, 1.54) is 49.6 Å². The standard InChI is InChI=1S/C29H30F2N6O6S/c1-5-43-29(39)36(16-21-22(30)7-6-8-23(21)31)28-26(27(38)32-24-13-14-25(42-4)34-33-24)18(15-35(2)3)17-44(28)20-11-9-19(10-12-20)37(40)41/h6-14,17,44H,5,15-16H2,1-4H3,(H,32,33,38). The highest BCUT2D eigenvalue weighted by molar-refractivity contribution is 8.23. The number of nitro benzene ring substituents is 1. The van der Waals surface area contributed by atoms with Crippen LogP contribution in [-0.4, -0.2) is 71.3 Å². The van der Waals surface area contributed by atoms with Crippen molar-refractivity contribution in [2.24, 2.45) is 0 Å². The molecule has 44 heavy (non-hydrogen) atoms. The van der Waals surface area contributed by atoms with Gasteiger partial charge in [-0.15, -0.1) is 10.2 Å². The number of benzene rings is 2. The lowest BCUT2D eigenvalue weighted by atomic mass is 10.1. The van der Waals surface area contributed by atoms with Gasteiger partial charge in [0.2, 0.25) is 5.88 Å². The number of methoxy groups -OCH3 is 1. The molecule has 0 saturated carbocycles. The van der Waals surface area contributed by atoms with Crippen LogP contribution < -0.4 is 10.1 Å². The van der Waals surface area contributed by atoms with Gasteiger partial charge in [-0.1, -0.05) is 6.07 Å². The van der Waals surface area contributed by atoms with Gasteiger partial charge in [0.25, 0.3) is 11.6 Å². The number of carbonyl (C=O) groups excluding carboxylic acids is 2. The van der Waals surface area contributed by atoms with Crippen molar-refractivity contribution in [2.75, 3.05) is 39.7 Å². The van der Waals surface area contributed by atoms with Crippen LogP contribution >= 0.6 is 10.9 Å². The Kier molecular flexibility index (Phi) is 10.2. The number of likely N-dealkylation sites (N-methyl/N-ethyl adjacent to an activating group) is 1. The molecule has 1 aliphatic rings. The first-order chi connectivity index (χ1) is 21.0. The van der Waals surface area contributed by atoms with Crippen LogP contribution in [0, 0.1) is 21.7 Å². The minimum Gasteiger partial charge on any atom is -0.480 e. The number of halogens is 2. The van der Waals surface area contributed by atoms with Crippen molar-refractivity contribution in [3.8, 4) is 5.88 Å². The van der Waals surface area contributed by atoms with E-state index in [4.69, 9.17) is 9.47 Å². The number of amides is 2. The summed E-state index contributed by atoms with van der Waals surface area (Å²) in [4.78, 5) is 41.8. The van der Waals surface area contributed by atoms with E-state index < -0.39 is 51.6 Å². The topological polar surface area (TPSA) is 140 Å². The van der Waals surface area contributed by atoms with Crippen LogP contribution in [0.3, 0.4) is 0 Å². The predicted octanol–water partition coefficient (Wildman–Crippen LogP) is 5.00. The summed E-state index contributed by atoms with van der Waals surface area (Å²) in [6.45, 7) is 1.17. The Bertz CT molecular complexity index is 1600. The molecule has 15 heteroatoms. The predicted molar refractivity (Wildman–Crippen MR) is 160 cm³/mol. The molecule has 1 aromatic heterocycles. The molecule has 0 spiro atoms. The third kappa shape index (κ3) is 7.18. The van der Waals surface area contributed by atoms with Gasteiger partial charge < -0.3 is 19.7 Å². The normalized spacial score (nSPS) is 15.2. The first kappa shape index (κ1) is 32.0. The zero-order valence-electron chi connectivity index (χ0n) is 24.3. The Morgan fingerprint density at radius 2 is 1.70 bits per heavy atom. The van der Waals surface area contributed by atoms with Gasteiger partial charge >= 0.3 is 6.09 Å². The fraction of sp³-hybridized carbons (Fsp3) is 0.241. The van der Waals surface area contributed by atoms with Crippen LogP contribution in [-0.2, 0) is 16.1 Å². The van der Waals surface area contributed by atoms with E-state index in [0.29, 0.717) is 10.5 Å². The number of hydrogen-bond donors (Lipinski definition) is 2. The van der Waals surface area contributed by atoms with Gasteiger partial charge in [0, 0.05) is 30.3 Å². The second kappa shape index (κ2) is 14.1. The minimum atomic E-state index is -1.73. The second-order valence-electron chi connectivity index (χ2n) is 9.63. The monoisotopic (exact) mass is 628 g/mol. The number of ether oxygens (including phenoxy) is 2. The Morgan fingerprint density at radius 1 is 1.02 bits per heavy atom. The van der Waals surface area contributed by atoms with E-state index in [0.717, 1.165) is 17.0 Å². The van der Waals surface area contributed by atoms with Crippen molar-refractivity contribution >= 4 is 34.4 Å². The minimum absolute atomic E-state index is 0.0568. The zero-order chi connectivity index (χ0) is 32.0. The van der Waals surface area contributed by atoms with Crippen molar-refractivity contribution in [3.05, 3.63) is 103 Å². The van der Waals surface area contributed by atoms with Crippen LogP contribution in [0.1, 0.15) is 12.5 Å². The van der Waals surface area contributed by atoms with Gasteiger partial charge in [0.05, 0.1) is 35.8 Å². The van der Waals surface area contributed by atoms with E-state index in [1.54, 1.807) is 26.4 Å². The summed E-state index contributed by atoms with van der Waals surface area (Å²) >= 11 is 0. The van der Waals surface area contributed by atoms with E-state index in [9.17, 15) is 28.5 Å². The summed E-state index contributed by atoms with van der Waals surface area (Å²) < 4.78 is 40.2. The van der Waals surface area contributed by atoms with Crippen molar-refractivity contribution in [1.29, 1.82) is 0 Å². The average Bonchev–Trinajstić information content (AvgIpc) is 3.35. The number of nitrogens with zero attached hydrogens (tertiary/aromatic N) is 5. The van der Waals surface area contributed by atoms with E-state index in [-0.39, 0.29) is 41.1 Å². The summed E-state index contributed by atoms with van der Waals surface area (Å²) in [5, 5.41) is 23.8. The molecule has 1 atom stereocenters. The van der Waals surface area contributed by atoms with Gasteiger partial charge in [-0.05, 0) is 67.2 Å². The fourth-order valence-corrected chi connectivity index (χ4v) is 6.80. The van der Waals surface area contributed by atoms with Gasteiger partial charge in [-0.25, -0.2) is 13.6 Å². The van der Waals surface area contributed by atoms with Gasteiger partial charge in [-0.3, -0.25) is 19.8 Å². The molecular formula is C29H30F2N6O6S. The molecule has 2 amide bonds. The molecule has 232 valence electrons. The van der Waals surface area contributed by atoms with E-state index >= 15 is 0 Å². The number of hydrogen-bond acceptors (Lipinski definition) is 9. The van der Waals surface area contributed by atoms with Crippen LogP contribution in [0.25, 0.3) is 0 Å². The SMILES string of the molecule is CCOC(=O)N(Cc1c(F)cccc1F)C1=C(C(=O)Nc2ccc(OC)nn2)C(CN(C)C)=C[SH]1c1ccc([N+](=O)[O-])cc1. The van der Waals surface area contributed by atoms with Crippen molar-refractivity contribution < 1.29 is 32.8 Å². The van der Waals surface area contributed by atoms with Gasteiger partial charge in [0.1, 0.15) is 11.6 Å². The summed E-state index contributed by atoms with van der Waals surface area (Å²) in [7, 11) is 3.26. The number of anilines is 1. The number of thiol groups is 1. The number of carbonyl (C=O) groups is 2. The lowest BCUT2D eigenvalue weighted by molar-refractivity contribution is -0.384. The molecule has 12 nitrogen and oxygen atoms in total. The smallest absolute Gasteiger partial charge is 0.414 e. The van der Waals surface area contributed by atoms with Crippen molar-refractivity contribution in [1.82, 2.24) is 20.0 Å². The third-order valence-electron chi connectivity index (χ3n) is 6.32. The molecule has 4 rings (SSSR count). The van der Waals surface area contributed by atoms with Crippen molar-refractivity contribution in [2.45, 2.75) is 18.4 Å². The van der Waals surface area contributed by atoms with Crippen molar-refractivity contribution in [3.63, 3.8) is 0 Å². The highest BCUT2D eigenvalue weighted by Gasteiger charge is 2.37. The summed E-state index contributed by atoms with van der Waals surface area (Å²) in [6.07, 6.45) is -0.936. The molecule has 1 aliphatic heterocycles. The number of nitrogens with one attached hydrogen (secondary N) is 1. The van der Waals surface area contributed by atoms with Crippen LogP contribution in [0.5, 0.6) is 5.88 Å². The summed E-state index contributed by atoms with van der Waals surface area (Å²) in [6, 6.07) is 12.0. The molecule has 1 N–H and O–H groups in total. The van der Waals surface area contributed by atoms with E-state index in [2.05, 4.69) is 15.5 Å². The van der Waals surface area contributed by atoms with Crippen LogP contribution in [0.4, 0.5) is 25.1 Å². The average molecular weight is 629 g/mol. The number of rotatable bonds is 11. The maximum atomic E-state index is 14.9. The maximum absolute atomic E-state index is 14.9. The molecule has 0 aliphatic carbocycles. The third-order valence-corrected chi connectivity index (χ3v) is 8.67. The Hall–Kier alpha value is -4.89. The number of nitro groups is 1. The number of aromatic nitrogens is 2. The lowest BCUT2D eigenvalue weighted by Crippen LogP contribution is -2.33. The Labute approximate surface area is 254 Å². The Balaban J connectivity index is 1.94. The molecule has 1 unspecified atom stereocenters. The molecular weight excluding hydrogens is 598 g/mol. The van der Waals surface area contributed by atoms with E-state index in [1.807, 2.05) is 4.90 Å². The second-order valence-corrected chi connectivity index (χ2v) is 11.6. The molecule has 0 fully saturated rings. The molecule has 2 heterocycles. The molecule has 3 aromatic rings. The molecule has 0 radical (unpaired) electrons. The lowest BCUT2D eigenvalue weighted by Gasteiger charge is -2.30. The summed E-state index contributed by atoms with van der Waals surface area (Å²) in [5.74, 6) is -2.14.